The summed E-state index contributed by atoms with van der Waals surface area (Å²) in [6.45, 7) is 9.89. The summed E-state index contributed by atoms with van der Waals surface area (Å²) in [5, 5.41) is 12.8. The summed E-state index contributed by atoms with van der Waals surface area (Å²) in [6, 6.07) is 15.1. The van der Waals surface area contributed by atoms with Crippen LogP contribution in [0.2, 0.25) is 5.02 Å². The molecule has 4 nitrogen and oxygen atoms in total. The van der Waals surface area contributed by atoms with Crippen molar-refractivity contribution in [2.24, 2.45) is 0 Å². The van der Waals surface area contributed by atoms with Crippen LogP contribution >= 0.6 is 11.6 Å². The van der Waals surface area contributed by atoms with Crippen LogP contribution in [-0.2, 0) is 4.79 Å². The molecule has 29 heavy (non-hydrogen) atoms. The molecule has 2 aromatic carbocycles. The number of fused-ring (bicyclic) bond motifs is 1. The molecule has 0 unspecified atom stereocenters. The minimum absolute atomic E-state index is 0.0565. The van der Waals surface area contributed by atoms with E-state index in [-0.39, 0.29) is 11.1 Å². The van der Waals surface area contributed by atoms with Crippen LogP contribution in [0.5, 0.6) is 0 Å². The molecule has 0 aromatic heterocycles. The lowest BCUT2D eigenvalue weighted by molar-refractivity contribution is -0.112. The lowest BCUT2D eigenvalue weighted by atomic mass is 9.79. The molecule has 1 heterocycles. The SMILES string of the molecule is CCN1c2ccc(/C=C(/C#N)C(=O)Nc3cccc(Cl)c3)cc2[C@H](C)CC1(C)C. The molecule has 2 aromatic rings. The van der Waals surface area contributed by atoms with Crippen LogP contribution in [0, 0.1) is 11.3 Å². The van der Waals surface area contributed by atoms with Gasteiger partial charge in [-0.2, -0.15) is 5.26 Å². The number of rotatable bonds is 4. The van der Waals surface area contributed by atoms with Gasteiger partial charge in [0, 0.05) is 28.5 Å². The van der Waals surface area contributed by atoms with Crippen LogP contribution < -0.4 is 10.2 Å². The molecule has 0 saturated carbocycles. The fraction of sp³-hybridized carbons (Fsp3) is 0.333. The van der Waals surface area contributed by atoms with Gasteiger partial charge in [0.05, 0.1) is 0 Å². The number of carbonyl (C=O) groups is 1. The van der Waals surface area contributed by atoms with Crippen LogP contribution in [0.3, 0.4) is 0 Å². The molecule has 1 aliphatic heterocycles. The molecule has 3 rings (SSSR count). The third kappa shape index (κ3) is 4.46. The summed E-state index contributed by atoms with van der Waals surface area (Å²) in [7, 11) is 0. The molecule has 5 heteroatoms. The second kappa shape index (κ2) is 8.31. The first kappa shape index (κ1) is 21.0. The van der Waals surface area contributed by atoms with Gasteiger partial charge in [-0.05, 0) is 80.6 Å². The summed E-state index contributed by atoms with van der Waals surface area (Å²) in [5.41, 5.74) is 4.06. The summed E-state index contributed by atoms with van der Waals surface area (Å²) < 4.78 is 0. The van der Waals surface area contributed by atoms with Crippen molar-refractivity contribution in [3.8, 4) is 6.07 Å². The minimum atomic E-state index is -0.447. The van der Waals surface area contributed by atoms with Crippen molar-refractivity contribution >= 4 is 35.0 Å². The van der Waals surface area contributed by atoms with Crippen molar-refractivity contribution in [2.45, 2.75) is 45.6 Å². The van der Waals surface area contributed by atoms with Gasteiger partial charge in [-0.25, -0.2) is 0 Å². The van der Waals surface area contributed by atoms with Gasteiger partial charge in [0.25, 0.3) is 5.91 Å². The molecule has 0 bridgehead atoms. The Hall–Kier alpha value is -2.77. The van der Waals surface area contributed by atoms with Gasteiger partial charge in [-0.1, -0.05) is 30.7 Å². The first-order valence-electron chi connectivity index (χ1n) is 9.85. The van der Waals surface area contributed by atoms with Gasteiger partial charge in [-0.15, -0.1) is 0 Å². The maximum absolute atomic E-state index is 12.5. The Bertz CT molecular complexity index is 1000. The number of carbonyl (C=O) groups excluding carboxylic acids is 1. The summed E-state index contributed by atoms with van der Waals surface area (Å²) in [5.74, 6) is -0.0428. The number of hydrogen-bond donors (Lipinski definition) is 1. The molecule has 1 aliphatic rings. The number of halogens is 1. The molecule has 0 aliphatic carbocycles. The molecular weight excluding hydrogens is 382 g/mol. The largest absolute Gasteiger partial charge is 0.366 e. The molecule has 0 spiro atoms. The van der Waals surface area contributed by atoms with Crippen molar-refractivity contribution in [3.63, 3.8) is 0 Å². The van der Waals surface area contributed by atoms with E-state index in [1.54, 1.807) is 30.3 Å². The van der Waals surface area contributed by atoms with Crippen LogP contribution in [0.1, 0.15) is 51.2 Å². The Morgan fingerprint density at radius 2 is 2.10 bits per heavy atom. The predicted octanol–water partition coefficient (Wildman–Crippen LogP) is 6.00. The molecule has 1 atom stereocenters. The fourth-order valence-electron chi connectivity index (χ4n) is 4.28. The van der Waals surface area contributed by atoms with Crippen LogP contribution in [0.15, 0.2) is 48.0 Å². The van der Waals surface area contributed by atoms with Gasteiger partial charge in [0.1, 0.15) is 11.6 Å². The number of benzene rings is 2. The fourth-order valence-corrected chi connectivity index (χ4v) is 4.47. The van der Waals surface area contributed by atoms with Crippen molar-refractivity contribution in [1.29, 1.82) is 5.26 Å². The highest BCUT2D eigenvalue weighted by molar-refractivity contribution is 6.31. The number of nitriles is 1. The Kier molecular flexibility index (Phi) is 6.00. The average Bonchev–Trinajstić information content (AvgIpc) is 2.66. The number of amides is 1. The topological polar surface area (TPSA) is 56.1 Å². The van der Waals surface area contributed by atoms with Gasteiger partial charge in [-0.3, -0.25) is 4.79 Å². The highest BCUT2D eigenvalue weighted by Gasteiger charge is 2.35. The molecule has 0 fully saturated rings. The van der Waals surface area contributed by atoms with E-state index >= 15 is 0 Å². The third-order valence-electron chi connectivity index (χ3n) is 5.48. The Labute approximate surface area is 177 Å². The Morgan fingerprint density at radius 1 is 1.34 bits per heavy atom. The zero-order valence-corrected chi connectivity index (χ0v) is 18.0. The zero-order chi connectivity index (χ0) is 21.2. The standard InChI is InChI=1S/C24H26ClN3O/c1-5-28-22-10-9-17(12-21(22)16(2)14-24(28,3)4)11-18(15-26)23(29)27-20-8-6-7-19(25)13-20/h6-13,16H,5,14H2,1-4H3,(H,27,29)/b18-11-/t16-/m1/s1. The van der Waals surface area contributed by atoms with Crippen LogP contribution in [0.4, 0.5) is 11.4 Å². The number of anilines is 2. The predicted molar refractivity (Wildman–Crippen MR) is 120 cm³/mol. The summed E-state index contributed by atoms with van der Waals surface area (Å²) >= 11 is 5.96. The van der Waals surface area contributed by atoms with Gasteiger partial charge in [0.2, 0.25) is 0 Å². The summed E-state index contributed by atoms with van der Waals surface area (Å²) in [6.07, 6.45) is 2.70. The highest BCUT2D eigenvalue weighted by atomic mass is 35.5. The monoisotopic (exact) mass is 407 g/mol. The van der Waals surface area contributed by atoms with Crippen molar-refractivity contribution in [3.05, 3.63) is 64.2 Å². The maximum Gasteiger partial charge on any atom is 0.266 e. The number of hydrogen-bond acceptors (Lipinski definition) is 3. The van der Waals surface area contributed by atoms with E-state index in [2.05, 4.69) is 50.0 Å². The third-order valence-corrected chi connectivity index (χ3v) is 5.72. The first-order valence-corrected chi connectivity index (χ1v) is 10.2. The number of nitrogens with one attached hydrogen (secondary N) is 1. The highest BCUT2D eigenvalue weighted by Crippen LogP contribution is 2.43. The van der Waals surface area contributed by atoms with E-state index in [0.29, 0.717) is 16.6 Å². The van der Waals surface area contributed by atoms with E-state index in [1.807, 2.05) is 12.1 Å². The molecule has 150 valence electrons. The van der Waals surface area contributed by atoms with E-state index in [1.165, 1.54) is 11.3 Å². The molecule has 0 radical (unpaired) electrons. The van der Waals surface area contributed by atoms with Gasteiger partial charge in [0.15, 0.2) is 0 Å². The van der Waals surface area contributed by atoms with E-state index < -0.39 is 5.91 Å². The minimum Gasteiger partial charge on any atom is -0.366 e. The van der Waals surface area contributed by atoms with Gasteiger partial charge < -0.3 is 10.2 Å². The van der Waals surface area contributed by atoms with E-state index in [0.717, 1.165) is 18.5 Å². The zero-order valence-electron chi connectivity index (χ0n) is 17.3. The normalized spacial score (nSPS) is 18.0. The smallest absolute Gasteiger partial charge is 0.266 e. The van der Waals surface area contributed by atoms with Crippen molar-refractivity contribution < 1.29 is 4.79 Å². The lowest BCUT2D eigenvalue weighted by Crippen LogP contribution is -2.48. The van der Waals surface area contributed by atoms with E-state index in [9.17, 15) is 10.1 Å². The molecular formula is C24H26ClN3O. The Morgan fingerprint density at radius 3 is 2.76 bits per heavy atom. The second-order valence-electron chi connectivity index (χ2n) is 8.11. The summed E-state index contributed by atoms with van der Waals surface area (Å²) in [4.78, 5) is 15.0. The molecule has 0 saturated heterocycles. The number of nitrogens with zero attached hydrogens (tertiary/aromatic N) is 2. The van der Waals surface area contributed by atoms with E-state index in [4.69, 9.17) is 11.6 Å². The quantitative estimate of drug-likeness (QED) is 0.499. The lowest BCUT2D eigenvalue weighted by Gasteiger charge is -2.47. The van der Waals surface area contributed by atoms with Crippen molar-refractivity contribution in [2.75, 3.05) is 16.8 Å². The van der Waals surface area contributed by atoms with Gasteiger partial charge >= 0.3 is 0 Å². The first-order chi connectivity index (χ1) is 13.7. The van der Waals surface area contributed by atoms with Crippen molar-refractivity contribution in [1.82, 2.24) is 0 Å². The molecule has 1 amide bonds. The molecule has 1 N–H and O–H groups in total. The Balaban J connectivity index is 1.90. The maximum atomic E-state index is 12.5. The average molecular weight is 408 g/mol. The van der Waals surface area contributed by atoms with Crippen LogP contribution in [-0.4, -0.2) is 18.0 Å². The van der Waals surface area contributed by atoms with Crippen LogP contribution in [0.25, 0.3) is 6.08 Å². The second-order valence-corrected chi connectivity index (χ2v) is 8.55.